The van der Waals surface area contributed by atoms with Gasteiger partial charge < -0.3 is 5.32 Å². The zero-order valence-corrected chi connectivity index (χ0v) is 15.4. The lowest BCUT2D eigenvalue weighted by atomic mass is 10.2. The van der Waals surface area contributed by atoms with Gasteiger partial charge in [-0.15, -0.1) is 0 Å². The first-order valence-corrected chi connectivity index (χ1v) is 10.2. The Bertz CT molecular complexity index is 1000. The maximum atomic E-state index is 12.5. The Labute approximate surface area is 154 Å². The van der Waals surface area contributed by atoms with E-state index in [0.717, 1.165) is 17.3 Å². The standard InChI is InChI=1S/C16H14ClN3O3S2/c17-12-6-4-11(5-7-12)10-18-15(21)8-9-25(22,23)14-3-1-2-13-16(14)20-24-19-13/h1-7H,8-10H2,(H,18,21). The number of nitrogens with one attached hydrogen (secondary N) is 1. The highest BCUT2D eigenvalue weighted by Gasteiger charge is 2.20. The Kier molecular flexibility index (Phi) is 5.31. The fourth-order valence-corrected chi connectivity index (χ4v) is 4.40. The van der Waals surface area contributed by atoms with Crippen molar-refractivity contribution in [3.8, 4) is 0 Å². The SMILES string of the molecule is O=C(CCS(=O)(=O)c1cccc2nsnc12)NCc1ccc(Cl)cc1. The number of halogens is 1. The molecule has 0 atom stereocenters. The van der Waals surface area contributed by atoms with Crippen LogP contribution in [0.1, 0.15) is 12.0 Å². The van der Waals surface area contributed by atoms with E-state index in [9.17, 15) is 13.2 Å². The number of hydrogen-bond acceptors (Lipinski definition) is 6. The third kappa shape index (κ3) is 4.33. The van der Waals surface area contributed by atoms with Crippen LogP contribution >= 0.6 is 23.3 Å². The summed E-state index contributed by atoms with van der Waals surface area (Å²) >= 11 is 6.76. The zero-order valence-electron chi connectivity index (χ0n) is 13.0. The van der Waals surface area contributed by atoms with Crippen LogP contribution in [0, 0.1) is 0 Å². The van der Waals surface area contributed by atoms with Gasteiger partial charge in [-0.1, -0.05) is 29.8 Å². The molecule has 1 amide bonds. The summed E-state index contributed by atoms with van der Waals surface area (Å²) in [5, 5.41) is 3.32. The van der Waals surface area contributed by atoms with Crippen LogP contribution in [0.3, 0.4) is 0 Å². The molecule has 3 rings (SSSR count). The number of benzene rings is 2. The Morgan fingerprint density at radius 2 is 1.88 bits per heavy atom. The molecule has 25 heavy (non-hydrogen) atoms. The van der Waals surface area contributed by atoms with Crippen LogP contribution < -0.4 is 5.32 Å². The van der Waals surface area contributed by atoms with Gasteiger partial charge in [0.25, 0.3) is 0 Å². The average Bonchev–Trinajstić information content (AvgIpc) is 3.08. The van der Waals surface area contributed by atoms with Gasteiger partial charge in [0.1, 0.15) is 11.0 Å². The van der Waals surface area contributed by atoms with Crippen molar-refractivity contribution < 1.29 is 13.2 Å². The molecule has 1 N–H and O–H groups in total. The lowest BCUT2D eigenvalue weighted by Gasteiger charge is -2.07. The van der Waals surface area contributed by atoms with Gasteiger partial charge in [-0.3, -0.25) is 4.79 Å². The monoisotopic (exact) mass is 395 g/mol. The van der Waals surface area contributed by atoms with Gasteiger partial charge >= 0.3 is 0 Å². The molecule has 3 aromatic rings. The number of sulfone groups is 1. The predicted molar refractivity (Wildman–Crippen MR) is 97.4 cm³/mol. The maximum Gasteiger partial charge on any atom is 0.221 e. The molecule has 1 heterocycles. The highest BCUT2D eigenvalue weighted by molar-refractivity contribution is 7.91. The van der Waals surface area contributed by atoms with Crippen molar-refractivity contribution >= 4 is 50.1 Å². The van der Waals surface area contributed by atoms with Crippen molar-refractivity contribution in [2.75, 3.05) is 5.75 Å². The van der Waals surface area contributed by atoms with Crippen molar-refractivity contribution in [2.45, 2.75) is 17.9 Å². The van der Waals surface area contributed by atoms with Crippen LogP contribution in [0.4, 0.5) is 0 Å². The van der Waals surface area contributed by atoms with Gasteiger partial charge in [-0.05, 0) is 29.8 Å². The summed E-state index contributed by atoms with van der Waals surface area (Å²) in [6, 6.07) is 11.9. The van der Waals surface area contributed by atoms with Crippen molar-refractivity contribution in [2.24, 2.45) is 0 Å². The number of fused-ring (bicyclic) bond motifs is 1. The van der Waals surface area contributed by atoms with Crippen LogP contribution in [-0.2, 0) is 21.2 Å². The van der Waals surface area contributed by atoms with E-state index in [4.69, 9.17) is 11.6 Å². The molecule has 0 fully saturated rings. The van der Waals surface area contributed by atoms with E-state index in [1.54, 1.807) is 36.4 Å². The molecule has 0 saturated heterocycles. The van der Waals surface area contributed by atoms with E-state index < -0.39 is 9.84 Å². The van der Waals surface area contributed by atoms with Crippen LogP contribution in [0.15, 0.2) is 47.4 Å². The molecule has 1 aromatic heterocycles. The molecule has 6 nitrogen and oxygen atoms in total. The topological polar surface area (TPSA) is 89.0 Å². The Balaban J connectivity index is 1.61. The van der Waals surface area contributed by atoms with E-state index >= 15 is 0 Å². The summed E-state index contributed by atoms with van der Waals surface area (Å²) in [5.74, 6) is -0.613. The minimum atomic E-state index is -3.61. The third-order valence-corrected chi connectivity index (χ3v) is 6.12. The number of hydrogen-bond donors (Lipinski definition) is 1. The average molecular weight is 396 g/mol. The molecular weight excluding hydrogens is 382 g/mol. The number of amides is 1. The van der Waals surface area contributed by atoms with Gasteiger partial charge in [-0.25, -0.2) is 8.42 Å². The predicted octanol–water partition coefficient (Wildman–Crippen LogP) is 2.82. The summed E-state index contributed by atoms with van der Waals surface area (Å²) in [5.41, 5.74) is 1.78. The molecule has 130 valence electrons. The summed E-state index contributed by atoms with van der Waals surface area (Å²) < 4.78 is 33.1. The van der Waals surface area contributed by atoms with E-state index in [1.807, 2.05) is 0 Å². The lowest BCUT2D eigenvalue weighted by Crippen LogP contribution is -2.25. The van der Waals surface area contributed by atoms with Crippen LogP contribution in [0.5, 0.6) is 0 Å². The number of carbonyl (C=O) groups excluding carboxylic acids is 1. The van der Waals surface area contributed by atoms with E-state index in [0.29, 0.717) is 22.6 Å². The molecule has 0 aliphatic carbocycles. The molecule has 0 spiro atoms. The molecule has 2 aromatic carbocycles. The van der Waals surface area contributed by atoms with Gasteiger partial charge in [-0.2, -0.15) is 8.75 Å². The van der Waals surface area contributed by atoms with E-state index in [1.165, 1.54) is 6.07 Å². The van der Waals surface area contributed by atoms with Crippen molar-refractivity contribution in [1.29, 1.82) is 0 Å². The van der Waals surface area contributed by atoms with E-state index in [-0.39, 0.29) is 23.0 Å². The Morgan fingerprint density at radius 1 is 1.12 bits per heavy atom. The van der Waals surface area contributed by atoms with Crippen LogP contribution in [-0.4, -0.2) is 28.8 Å². The smallest absolute Gasteiger partial charge is 0.221 e. The minimum absolute atomic E-state index is 0.115. The van der Waals surface area contributed by atoms with Gasteiger partial charge in [0, 0.05) is 18.0 Å². The summed E-state index contributed by atoms with van der Waals surface area (Å²) in [4.78, 5) is 12.1. The summed E-state index contributed by atoms with van der Waals surface area (Å²) in [6.07, 6.45) is -0.121. The van der Waals surface area contributed by atoms with E-state index in [2.05, 4.69) is 14.1 Å². The molecule has 0 bridgehead atoms. The number of carbonyl (C=O) groups is 1. The highest BCUT2D eigenvalue weighted by atomic mass is 35.5. The summed E-state index contributed by atoms with van der Waals surface area (Å²) in [7, 11) is -3.61. The fourth-order valence-electron chi connectivity index (χ4n) is 2.26. The van der Waals surface area contributed by atoms with Gasteiger partial charge in [0.15, 0.2) is 9.84 Å². The van der Waals surface area contributed by atoms with Crippen molar-refractivity contribution in [3.05, 3.63) is 53.1 Å². The molecule has 0 saturated carbocycles. The number of nitrogens with zero attached hydrogens (tertiary/aromatic N) is 2. The molecule has 0 unspecified atom stereocenters. The lowest BCUT2D eigenvalue weighted by molar-refractivity contribution is -0.120. The van der Waals surface area contributed by atoms with Crippen LogP contribution in [0.2, 0.25) is 5.02 Å². The molecule has 0 aliphatic rings. The van der Waals surface area contributed by atoms with Crippen molar-refractivity contribution in [3.63, 3.8) is 0 Å². The number of rotatable bonds is 6. The normalized spacial score (nSPS) is 11.6. The highest BCUT2D eigenvalue weighted by Crippen LogP contribution is 2.22. The summed E-state index contributed by atoms with van der Waals surface area (Å²) in [6.45, 7) is 0.321. The van der Waals surface area contributed by atoms with Crippen molar-refractivity contribution in [1.82, 2.24) is 14.1 Å². The quantitative estimate of drug-likeness (QED) is 0.693. The molecule has 0 radical (unpaired) electrons. The number of aromatic nitrogens is 2. The second-order valence-electron chi connectivity index (χ2n) is 5.36. The fraction of sp³-hybridized carbons (Fsp3) is 0.188. The zero-order chi connectivity index (χ0) is 17.9. The van der Waals surface area contributed by atoms with Crippen LogP contribution in [0.25, 0.3) is 11.0 Å². The first-order valence-electron chi connectivity index (χ1n) is 7.41. The maximum absolute atomic E-state index is 12.5. The molecule has 0 aliphatic heterocycles. The first-order chi connectivity index (χ1) is 12.0. The Hall–Kier alpha value is -2.03. The minimum Gasteiger partial charge on any atom is -0.352 e. The third-order valence-electron chi connectivity index (χ3n) is 3.58. The Morgan fingerprint density at radius 3 is 2.64 bits per heavy atom. The molecule has 9 heteroatoms. The van der Waals surface area contributed by atoms with Gasteiger partial charge in [0.05, 0.1) is 22.4 Å². The second kappa shape index (κ2) is 7.47. The second-order valence-corrected chi connectivity index (χ2v) is 8.40. The largest absolute Gasteiger partial charge is 0.352 e. The van der Waals surface area contributed by atoms with Gasteiger partial charge in [0.2, 0.25) is 5.91 Å². The molecular formula is C16H14ClN3O3S2. The first kappa shape index (κ1) is 17.8.